The highest BCUT2D eigenvalue weighted by Crippen LogP contribution is 2.42. The fourth-order valence-corrected chi connectivity index (χ4v) is 4.29. The molecule has 4 rings (SSSR count). The lowest BCUT2D eigenvalue weighted by atomic mass is 10.0. The Morgan fingerprint density at radius 1 is 1.23 bits per heavy atom. The maximum absolute atomic E-state index is 12.6. The van der Waals surface area contributed by atoms with E-state index in [0.717, 1.165) is 11.1 Å². The van der Waals surface area contributed by atoms with E-state index in [9.17, 15) is 8.42 Å². The van der Waals surface area contributed by atoms with E-state index in [2.05, 4.69) is 9.97 Å². The van der Waals surface area contributed by atoms with Crippen LogP contribution in [0, 0.1) is 0 Å². The van der Waals surface area contributed by atoms with E-state index in [-0.39, 0.29) is 12.3 Å². The Morgan fingerprint density at radius 3 is 2.81 bits per heavy atom. The number of pyridine rings is 1. The first-order valence-corrected chi connectivity index (χ1v) is 9.78. The zero-order chi connectivity index (χ0) is 18.1. The van der Waals surface area contributed by atoms with E-state index in [1.165, 1.54) is 10.7 Å². The van der Waals surface area contributed by atoms with Crippen molar-refractivity contribution >= 4 is 10.0 Å². The smallest absolute Gasteiger partial charge is 0.215 e. The summed E-state index contributed by atoms with van der Waals surface area (Å²) in [5, 5.41) is 0. The van der Waals surface area contributed by atoms with Gasteiger partial charge in [-0.3, -0.25) is 4.98 Å². The second-order valence-electron chi connectivity index (χ2n) is 5.90. The highest BCUT2D eigenvalue weighted by molar-refractivity contribution is 7.89. The summed E-state index contributed by atoms with van der Waals surface area (Å²) in [6.45, 7) is 1.90. The van der Waals surface area contributed by atoms with Crippen molar-refractivity contribution in [3.8, 4) is 11.5 Å². The lowest BCUT2D eigenvalue weighted by molar-refractivity contribution is 0.339. The molecule has 1 atom stereocenters. The highest BCUT2D eigenvalue weighted by Gasteiger charge is 2.40. The third-order valence-corrected chi connectivity index (χ3v) is 6.12. The van der Waals surface area contributed by atoms with Crippen LogP contribution in [0.4, 0.5) is 0 Å². The van der Waals surface area contributed by atoms with E-state index < -0.39 is 16.1 Å². The molecule has 7 nitrogen and oxygen atoms in total. The average molecular weight is 371 g/mol. The molecule has 0 radical (unpaired) electrons. The first-order chi connectivity index (χ1) is 12.6. The molecule has 8 heteroatoms. The van der Waals surface area contributed by atoms with Crippen molar-refractivity contribution in [2.45, 2.75) is 19.5 Å². The second-order valence-corrected chi connectivity index (χ2v) is 8.11. The van der Waals surface area contributed by atoms with Gasteiger partial charge in [-0.05, 0) is 42.3 Å². The molecule has 0 fully saturated rings. The summed E-state index contributed by atoms with van der Waals surface area (Å²) in [6, 6.07) is 8.64. The van der Waals surface area contributed by atoms with Crippen LogP contribution in [-0.4, -0.2) is 28.4 Å². The van der Waals surface area contributed by atoms with Crippen molar-refractivity contribution < 1.29 is 17.6 Å². The number of sulfonamides is 1. The Bertz CT molecular complexity index is 1000. The number of hydrogen-bond acceptors (Lipinski definition) is 6. The summed E-state index contributed by atoms with van der Waals surface area (Å²) in [5.74, 6) is 1.77. The fourth-order valence-electron chi connectivity index (χ4n) is 3.09. The molecule has 0 aliphatic carbocycles. The molecule has 1 aromatic carbocycles. The molecule has 1 unspecified atom stereocenters. The maximum atomic E-state index is 12.6. The monoisotopic (exact) mass is 371 g/mol. The Balaban J connectivity index is 1.72. The minimum absolute atomic E-state index is 0.0185. The lowest BCUT2D eigenvalue weighted by Crippen LogP contribution is -2.31. The Labute approximate surface area is 151 Å². The molecule has 3 heterocycles. The minimum atomic E-state index is -3.42. The number of fused-ring (bicyclic) bond motifs is 1. The van der Waals surface area contributed by atoms with Crippen LogP contribution >= 0.6 is 0 Å². The third kappa shape index (κ3) is 2.97. The Morgan fingerprint density at radius 2 is 2.12 bits per heavy atom. The number of oxazole rings is 1. The summed E-state index contributed by atoms with van der Waals surface area (Å²) in [7, 11) is -3.42. The zero-order valence-corrected chi connectivity index (χ0v) is 14.9. The summed E-state index contributed by atoms with van der Waals surface area (Å²) in [4.78, 5) is 7.96. The van der Waals surface area contributed by atoms with Crippen LogP contribution in [-0.2, 0) is 16.6 Å². The van der Waals surface area contributed by atoms with Crippen molar-refractivity contribution in [2.24, 2.45) is 0 Å². The first-order valence-electron chi connectivity index (χ1n) is 8.17. The molecule has 26 heavy (non-hydrogen) atoms. The fraction of sp³-hybridized carbons (Fsp3) is 0.222. The van der Waals surface area contributed by atoms with E-state index in [1.807, 2.05) is 24.3 Å². The van der Waals surface area contributed by atoms with Gasteiger partial charge in [-0.15, -0.1) is 0 Å². The van der Waals surface area contributed by atoms with Crippen LogP contribution < -0.4 is 4.74 Å². The third-order valence-electron chi connectivity index (χ3n) is 4.34. The van der Waals surface area contributed by atoms with Gasteiger partial charge in [0.2, 0.25) is 10.0 Å². The molecule has 134 valence electrons. The molecule has 0 saturated carbocycles. The molecule has 0 bridgehead atoms. The average Bonchev–Trinajstić information content (AvgIpc) is 3.29. The predicted molar refractivity (Wildman–Crippen MR) is 94.1 cm³/mol. The van der Waals surface area contributed by atoms with Crippen molar-refractivity contribution in [2.75, 3.05) is 5.75 Å². The van der Waals surface area contributed by atoms with Crippen LogP contribution in [0.25, 0.3) is 0 Å². The van der Waals surface area contributed by atoms with Gasteiger partial charge in [0.1, 0.15) is 23.3 Å². The van der Waals surface area contributed by atoms with Crippen molar-refractivity contribution in [3.05, 3.63) is 72.2 Å². The van der Waals surface area contributed by atoms with Crippen molar-refractivity contribution in [1.82, 2.24) is 14.3 Å². The van der Waals surface area contributed by atoms with Gasteiger partial charge < -0.3 is 9.15 Å². The van der Waals surface area contributed by atoms with Gasteiger partial charge in [0, 0.05) is 12.7 Å². The van der Waals surface area contributed by atoms with Crippen LogP contribution in [0.2, 0.25) is 0 Å². The Hall–Kier alpha value is -2.71. The Kier molecular flexibility index (Phi) is 4.21. The zero-order valence-electron chi connectivity index (χ0n) is 14.1. The van der Waals surface area contributed by atoms with Gasteiger partial charge in [-0.1, -0.05) is 6.07 Å². The first kappa shape index (κ1) is 16.7. The normalized spacial score (nSPS) is 17.2. The van der Waals surface area contributed by atoms with E-state index in [4.69, 9.17) is 9.15 Å². The van der Waals surface area contributed by atoms with Crippen LogP contribution in [0.15, 0.2) is 59.7 Å². The number of benzene rings is 1. The summed E-state index contributed by atoms with van der Waals surface area (Å²) >= 11 is 0. The SMILES string of the molecule is CCS(=O)(=O)N1Cc2cc(Oc3cccnc3)ccc2C1c1cnco1. The molecule has 0 saturated heterocycles. The van der Waals surface area contributed by atoms with Crippen LogP contribution in [0.5, 0.6) is 11.5 Å². The van der Waals surface area contributed by atoms with Crippen LogP contribution in [0.1, 0.15) is 29.9 Å². The number of ether oxygens (including phenoxy) is 1. The molecular weight excluding hydrogens is 354 g/mol. The van der Waals surface area contributed by atoms with Gasteiger partial charge in [-0.25, -0.2) is 13.4 Å². The van der Waals surface area contributed by atoms with E-state index in [0.29, 0.717) is 17.3 Å². The molecule has 2 aromatic heterocycles. The number of hydrogen-bond donors (Lipinski definition) is 0. The molecule has 3 aromatic rings. The number of nitrogens with zero attached hydrogens (tertiary/aromatic N) is 3. The number of rotatable bonds is 5. The van der Waals surface area contributed by atoms with Gasteiger partial charge in [0.15, 0.2) is 6.39 Å². The topological polar surface area (TPSA) is 85.5 Å². The van der Waals surface area contributed by atoms with Gasteiger partial charge >= 0.3 is 0 Å². The molecule has 0 N–H and O–H groups in total. The summed E-state index contributed by atoms with van der Waals surface area (Å²) in [6.07, 6.45) is 6.16. The molecule has 0 spiro atoms. The summed E-state index contributed by atoms with van der Waals surface area (Å²) in [5.41, 5.74) is 1.75. The molecule has 1 aliphatic heterocycles. The van der Waals surface area contributed by atoms with E-state index >= 15 is 0 Å². The van der Waals surface area contributed by atoms with Gasteiger partial charge in [-0.2, -0.15) is 4.31 Å². The largest absolute Gasteiger partial charge is 0.456 e. The van der Waals surface area contributed by atoms with Crippen molar-refractivity contribution in [3.63, 3.8) is 0 Å². The van der Waals surface area contributed by atoms with Crippen LogP contribution in [0.3, 0.4) is 0 Å². The van der Waals surface area contributed by atoms with Crippen molar-refractivity contribution in [1.29, 1.82) is 0 Å². The predicted octanol–water partition coefficient (Wildman–Crippen LogP) is 3.12. The quantitative estimate of drug-likeness (QED) is 0.685. The maximum Gasteiger partial charge on any atom is 0.215 e. The van der Waals surface area contributed by atoms with E-state index in [1.54, 1.807) is 31.6 Å². The standard InChI is InChI=1S/C18H17N3O4S/c1-2-26(22,23)21-11-13-8-14(25-15-4-3-7-19-9-15)5-6-16(13)18(21)17-10-20-12-24-17/h3-10,12,18H,2,11H2,1H3. The van der Waals surface area contributed by atoms with Gasteiger partial charge in [0.05, 0.1) is 18.1 Å². The van der Waals surface area contributed by atoms with Gasteiger partial charge in [0.25, 0.3) is 0 Å². The molecule has 1 aliphatic rings. The highest BCUT2D eigenvalue weighted by atomic mass is 32.2. The molecular formula is C18H17N3O4S. The lowest BCUT2D eigenvalue weighted by Gasteiger charge is -2.21. The number of aromatic nitrogens is 2. The minimum Gasteiger partial charge on any atom is -0.456 e. The molecule has 0 amide bonds. The second kappa shape index (κ2) is 6.54. The summed E-state index contributed by atoms with van der Waals surface area (Å²) < 4.78 is 37.8.